The summed E-state index contributed by atoms with van der Waals surface area (Å²) in [5.41, 5.74) is 0.893. The van der Waals surface area contributed by atoms with Gasteiger partial charge in [-0.25, -0.2) is 0 Å². The van der Waals surface area contributed by atoms with E-state index < -0.39 is 6.29 Å². The average Bonchev–Trinajstić information content (AvgIpc) is 2.18. The largest absolute Gasteiger partial charge is 0.478 e. The number of hydrogen-bond acceptors (Lipinski definition) is 4. The van der Waals surface area contributed by atoms with Crippen molar-refractivity contribution in [3.63, 3.8) is 0 Å². The molecule has 0 saturated carbocycles. The number of aliphatic hydroxyl groups excluding tert-OH is 1. The molecule has 1 aromatic rings. The van der Waals surface area contributed by atoms with E-state index in [2.05, 4.69) is 0 Å². The number of rotatable bonds is 3. The first-order chi connectivity index (χ1) is 6.65. The number of halogens is 1. The molecule has 84 valence electrons. The summed E-state index contributed by atoms with van der Waals surface area (Å²) in [5.74, 6) is 0.0370. The van der Waals surface area contributed by atoms with Crippen LogP contribution in [0.15, 0.2) is 24.3 Å². The van der Waals surface area contributed by atoms with Crippen LogP contribution in [0.3, 0.4) is 0 Å². The van der Waals surface area contributed by atoms with Crippen LogP contribution in [0.25, 0.3) is 0 Å². The van der Waals surface area contributed by atoms with Gasteiger partial charge in [0.2, 0.25) is 5.90 Å². The molecule has 0 atom stereocenters. The summed E-state index contributed by atoms with van der Waals surface area (Å²) in [6, 6.07) is 6.43. The highest BCUT2D eigenvalue weighted by Gasteiger charge is 2.06. The molecule has 1 rings (SSSR count). The maximum atomic E-state index is 8.90. The van der Waals surface area contributed by atoms with Crippen molar-refractivity contribution in [1.82, 2.24) is 0 Å². The Morgan fingerprint density at radius 3 is 2.67 bits per heavy atom. The highest BCUT2D eigenvalue weighted by Crippen LogP contribution is 2.12. The van der Waals surface area contributed by atoms with Gasteiger partial charge in [-0.1, -0.05) is 12.1 Å². The predicted octanol–water partition coefficient (Wildman–Crippen LogP) is 1.45. The van der Waals surface area contributed by atoms with Gasteiger partial charge in [-0.3, -0.25) is 5.41 Å². The van der Waals surface area contributed by atoms with Gasteiger partial charge >= 0.3 is 0 Å². The van der Waals surface area contributed by atoms with Crippen LogP contribution in [0.2, 0.25) is 0 Å². The van der Waals surface area contributed by atoms with Crippen molar-refractivity contribution in [2.24, 2.45) is 0 Å². The molecule has 0 amide bonds. The zero-order valence-corrected chi connectivity index (χ0v) is 9.12. The second kappa shape index (κ2) is 6.40. The lowest BCUT2D eigenvalue weighted by molar-refractivity contribution is -0.0424. The molecule has 0 aliphatic rings. The van der Waals surface area contributed by atoms with Crippen LogP contribution in [0.5, 0.6) is 0 Å². The van der Waals surface area contributed by atoms with Crippen LogP contribution in [-0.4, -0.2) is 22.7 Å². The van der Waals surface area contributed by atoms with E-state index in [0.717, 1.165) is 0 Å². The van der Waals surface area contributed by atoms with E-state index in [-0.39, 0.29) is 18.3 Å². The minimum atomic E-state index is -1.51. The number of benzene rings is 1. The lowest BCUT2D eigenvalue weighted by Crippen LogP contribution is -2.06. The predicted molar refractivity (Wildman–Crippen MR) is 59.3 cm³/mol. The second-order valence-electron chi connectivity index (χ2n) is 2.76. The van der Waals surface area contributed by atoms with Gasteiger partial charge in [-0.2, -0.15) is 0 Å². The Morgan fingerprint density at radius 1 is 1.47 bits per heavy atom. The van der Waals surface area contributed by atoms with Crippen molar-refractivity contribution in [2.75, 3.05) is 6.61 Å². The molecule has 0 radical (unpaired) electrons. The molecule has 0 bridgehead atoms. The average molecular weight is 232 g/mol. The molecule has 4 nitrogen and oxygen atoms in total. The molecule has 0 spiro atoms. The quantitative estimate of drug-likeness (QED) is 0.419. The monoisotopic (exact) mass is 231 g/mol. The van der Waals surface area contributed by atoms with Crippen LogP contribution in [0.4, 0.5) is 0 Å². The molecule has 0 unspecified atom stereocenters. The maximum Gasteiger partial charge on any atom is 0.213 e. The van der Waals surface area contributed by atoms with Gasteiger partial charge in [0.15, 0.2) is 6.29 Å². The Bertz CT molecular complexity index is 328. The SMILES string of the molecule is CCOC(=N)c1cccc(C(O)O)c1.Cl. The van der Waals surface area contributed by atoms with Crippen molar-refractivity contribution in [1.29, 1.82) is 5.41 Å². The van der Waals surface area contributed by atoms with Gasteiger partial charge in [-0.15, -0.1) is 12.4 Å². The maximum absolute atomic E-state index is 8.90. The molecule has 3 N–H and O–H groups in total. The Morgan fingerprint density at radius 2 is 2.13 bits per heavy atom. The molecule has 0 aliphatic carbocycles. The topological polar surface area (TPSA) is 73.5 Å². The molecule has 0 aromatic heterocycles. The molecular weight excluding hydrogens is 218 g/mol. The minimum Gasteiger partial charge on any atom is -0.478 e. The molecule has 5 heteroatoms. The summed E-state index contributed by atoms with van der Waals surface area (Å²) in [6.07, 6.45) is -1.51. The zero-order valence-electron chi connectivity index (χ0n) is 8.30. The van der Waals surface area contributed by atoms with Crippen LogP contribution in [0.1, 0.15) is 24.3 Å². The van der Waals surface area contributed by atoms with E-state index in [1.807, 2.05) is 0 Å². The highest BCUT2D eigenvalue weighted by atomic mass is 35.5. The van der Waals surface area contributed by atoms with E-state index in [4.69, 9.17) is 20.4 Å². The minimum absolute atomic E-state index is 0. The fourth-order valence-corrected chi connectivity index (χ4v) is 1.07. The Balaban J connectivity index is 0.00000196. The molecular formula is C10H14ClNO3. The van der Waals surface area contributed by atoms with Gasteiger partial charge in [0, 0.05) is 11.1 Å². The van der Waals surface area contributed by atoms with Crippen molar-refractivity contribution >= 4 is 18.3 Å². The van der Waals surface area contributed by atoms with E-state index in [1.54, 1.807) is 25.1 Å². The van der Waals surface area contributed by atoms with Crippen LogP contribution >= 0.6 is 12.4 Å². The van der Waals surface area contributed by atoms with E-state index >= 15 is 0 Å². The molecule has 0 aliphatic heterocycles. The highest BCUT2D eigenvalue weighted by molar-refractivity contribution is 5.91. The van der Waals surface area contributed by atoms with Crippen LogP contribution < -0.4 is 0 Å². The first-order valence-corrected chi connectivity index (χ1v) is 4.33. The molecule has 0 saturated heterocycles. The van der Waals surface area contributed by atoms with Crippen molar-refractivity contribution in [2.45, 2.75) is 13.2 Å². The summed E-state index contributed by atoms with van der Waals surface area (Å²) in [5, 5.41) is 25.3. The summed E-state index contributed by atoms with van der Waals surface area (Å²) >= 11 is 0. The summed E-state index contributed by atoms with van der Waals surface area (Å²) < 4.78 is 4.98. The summed E-state index contributed by atoms with van der Waals surface area (Å²) in [6.45, 7) is 2.21. The molecule has 15 heavy (non-hydrogen) atoms. The van der Waals surface area contributed by atoms with E-state index in [0.29, 0.717) is 17.7 Å². The second-order valence-corrected chi connectivity index (χ2v) is 2.76. The molecule has 0 fully saturated rings. The van der Waals surface area contributed by atoms with Crippen molar-refractivity contribution < 1.29 is 14.9 Å². The summed E-state index contributed by atoms with van der Waals surface area (Å²) in [7, 11) is 0. The third kappa shape index (κ3) is 3.87. The normalized spacial score (nSPS) is 9.60. The molecule has 0 heterocycles. The summed E-state index contributed by atoms with van der Waals surface area (Å²) in [4.78, 5) is 0. The Hall–Kier alpha value is -1.10. The van der Waals surface area contributed by atoms with Crippen LogP contribution in [0, 0.1) is 5.41 Å². The molecule has 1 aromatic carbocycles. The van der Waals surface area contributed by atoms with Crippen molar-refractivity contribution in [3.05, 3.63) is 35.4 Å². The number of ether oxygens (including phenoxy) is 1. The standard InChI is InChI=1S/C10H13NO3.ClH/c1-2-14-9(11)7-4-3-5-8(6-7)10(12)13;/h3-6,10-13H,2H2,1H3;1H. The van der Waals surface area contributed by atoms with Crippen LogP contribution in [-0.2, 0) is 4.74 Å². The third-order valence-corrected chi connectivity index (χ3v) is 1.74. The Labute approximate surface area is 94.4 Å². The number of nitrogens with one attached hydrogen (secondary N) is 1. The fraction of sp³-hybridized carbons (Fsp3) is 0.300. The smallest absolute Gasteiger partial charge is 0.213 e. The lowest BCUT2D eigenvalue weighted by atomic mass is 10.1. The van der Waals surface area contributed by atoms with Gasteiger partial charge in [0.05, 0.1) is 6.61 Å². The van der Waals surface area contributed by atoms with Gasteiger partial charge in [-0.05, 0) is 19.1 Å². The third-order valence-electron chi connectivity index (χ3n) is 1.74. The van der Waals surface area contributed by atoms with E-state index in [9.17, 15) is 0 Å². The number of hydrogen-bond donors (Lipinski definition) is 3. The first-order valence-electron chi connectivity index (χ1n) is 4.33. The number of aliphatic hydroxyl groups is 2. The Kier molecular flexibility index (Phi) is 5.93. The van der Waals surface area contributed by atoms with Crippen molar-refractivity contribution in [3.8, 4) is 0 Å². The zero-order chi connectivity index (χ0) is 10.6. The first kappa shape index (κ1) is 13.9. The lowest BCUT2D eigenvalue weighted by Gasteiger charge is -2.07. The van der Waals surface area contributed by atoms with Gasteiger partial charge in [0.1, 0.15) is 0 Å². The fourth-order valence-electron chi connectivity index (χ4n) is 1.07. The van der Waals surface area contributed by atoms with Gasteiger partial charge in [0.25, 0.3) is 0 Å². The van der Waals surface area contributed by atoms with Gasteiger partial charge < -0.3 is 14.9 Å². The van der Waals surface area contributed by atoms with E-state index in [1.165, 1.54) is 6.07 Å².